The largest absolute Gasteiger partial charge is 0.493 e. The number of rotatable bonds is 10. The highest BCUT2D eigenvalue weighted by Gasteiger charge is 2.42. The number of aldehydes is 1. The van der Waals surface area contributed by atoms with Crippen molar-refractivity contribution >= 4 is 46.6 Å². The molecule has 0 radical (unpaired) electrons. The second-order valence-corrected chi connectivity index (χ2v) is 12.3. The van der Waals surface area contributed by atoms with E-state index in [0.717, 1.165) is 80.0 Å². The Balaban J connectivity index is 1.84. The van der Waals surface area contributed by atoms with E-state index in [1.54, 1.807) is 11.3 Å². The van der Waals surface area contributed by atoms with Crippen LogP contribution in [0.1, 0.15) is 87.8 Å². The number of hydrogen-bond acceptors (Lipinski definition) is 4. The van der Waals surface area contributed by atoms with Crippen LogP contribution in [0.25, 0.3) is 11.6 Å². The van der Waals surface area contributed by atoms with Crippen molar-refractivity contribution in [3.63, 3.8) is 0 Å². The third-order valence-electron chi connectivity index (χ3n) is 7.53. The molecule has 3 nitrogen and oxygen atoms in total. The van der Waals surface area contributed by atoms with Gasteiger partial charge in [-0.3, -0.25) is 4.79 Å². The molecule has 2 aliphatic rings. The van der Waals surface area contributed by atoms with Crippen LogP contribution in [-0.4, -0.2) is 31.9 Å². The van der Waals surface area contributed by atoms with E-state index in [2.05, 4.69) is 44.7 Å². The molecule has 0 unspecified atom stereocenters. The van der Waals surface area contributed by atoms with Gasteiger partial charge in [0.05, 0.1) is 6.61 Å². The predicted octanol–water partition coefficient (Wildman–Crippen LogP) is 7.83. The van der Waals surface area contributed by atoms with E-state index in [1.165, 1.54) is 16.8 Å². The number of hydrogen-bond donors (Lipinski definition) is 0. The van der Waals surface area contributed by atoms with Crippen LogP contribution in [0.2, 0.25) is 0 Å². The number of halogens is 1. The van der Waals surface area contributed by atoms with E-state index in [1.807, 2.05) is 17.5 Å². The lowest BCUT2D eigenvalue weighted by molar-refractivity contribution is -0.103. The van der Waals surface area contributed by atoms with E-state index in [0.29, 0.717) is 12.2 Å². The maximum Gasteiger partial charge on any atom is 0.151 e. The number of carbonyl (C=O) groups excluding carboxylic acids is 1. The zero-order valence-corrected chi connectivity index (χ0v) is 22.7. The molecule has 2 aliphatic heterocycles. The Kier molecular flexibility index (Phi) is 7.79. The molecule has 0 aliphatic carbocycles. The highest BCUT2D eigenvalue weighted by Crippen LogP contribution is 2.54. The molecule has 0 bridgehead atoms. The Morgan fingerprint density at radius 3 is 2.53 bits per heavy atom. The molecule has 184 valence electrons. The van der Waals surface area contributed by atoms with E-state index in [9.17, 15) is 4.79 Å². The van der Waals surface area contributed by atoms with Crippen molar-refractivity contribution in [3.8, 4) is 5.75 Å². The smallest absolute Gasteiger partial charge is 0.151 e. The second kappa shape index (κ2) is 10.5. The van der Waals surface area contributed by atoms with E-state index >= 15 is 0 Å². The SMILES string of the molecule is CC1(C)CCN2CCC(C)(C)c3c(OCCCCCCCl)c(/C=C(\C=O)c4cccs4)cc1c32. The van der Waals surface area contributed by atoms with Gasteiger partial charge in [0.1, 0.15) is 5.75 Å². The number of nitrogens with zero attached hydrogens (tertiary/aromatic N) is 1. The molecule has 2 aromatic rings. The van der Waals surface area contributed by atoms with Crippen LogP contribution >= 0.6 is 22.9 Å². The Morgan fingerprint density at radius 1 is 1.12 bits per heavy atom. The van der Waals surface area contributed by atoms with Crippen molar-refractivity contribution in [2.75, 3.05) is 30.5 Å². The molecule has 0 spiro atoms. The van der Waals surface area contributed by atoms with Crippen LogP contribution < -0.4 is 9.64 Å². The Morgan fingerprint density at radius 2 is 1.85 bits per heavy atom. The highest BCUT2D eigenvalue weighted by molar-refractivity contribution is 7.11. The number of allylic oxidation sites excluding steroid dienone is 1. The van der Waals surface area contributed by atoms with Crippen molar-refractivity contribution in [2.24, 2.45) is 0 Å². The minimum atomic E-state index is 0.0100. The van der Waals surface area contributed by atoms with E-state index in [-0.39, 0.29) is 10.8 Å². The number of benzene rings is 1. The van der Waals surface area contributed by atoms with Gasteiger partial charge in [-0.15, -0.1) is 22.9 Å². The van der Waals surface area contributed by atoms with E-state index in [4.69, 9.17) is 16.3 Å². The Hall–Kier alpha value is -1.78. The van der Waals surface area contributed by atoms with Crippen molar-refractivity contribution in [1.82, 2.24) is 0 Å². The molecule has 4 rings (SSSR count). The summed E-state index contributed by atoms with van der Waals surface area (Å²) in [4.78, 5) is 15.7. The van der Waals surface area contributed by atoms with Crippen molar-refractivity contribution < 1.29 is 9.53 Å². The number of alkyl halides is 1. The normalized spacial score (nSPS) is 18.5. The van der Waals surface area contributed by atoms with Crippen molar-refractivity contribution in [1.29, 1.82) is 0 Å². The number of anilines is 1. The lowest BCUT2D eigenvalue weighted by Gasteiger charge is -2.49. The summed E-state index contributed by atoms with van der Waals surface area (Å²) in [5.41, 5.74) is 5.94. The van der Waals surface area contributed by atoms with Crippen molar-refractivity contribution in [3.05, 3.63) is 45.1 Å². The third kappa shape index (κ3) is 5.09. The molecule has 3 heterocycles. The lowest BCUT2D eigenvalue weighted by Crippen LogP contribution is -2.45. The molecule has 0 fully saturated rings. The zero-order chi connectivity index (χ0) is 24.3. The summed E-state index contributed by atoms with van der Waals surface area (Å²) in [5.74, 6) is 1.70. The van der Waals surface area contributed by atoms with Gasteiger partial charge in [0, 0.05) is 46.2 Å². The lowest BCUT2D eigenvalue weighted by atomic mass is 9.68. The van der Waals surface area contributed by atoms with Crippen LogP contribution in [0, 0.1) is 0 Å². The zero-order valence-electron chi connectivity index (χ0n) is 21.1. The molecule has 0 saturated heterocycles. The van der Waals surface area contributed by atoms with Gasteiger partial charge in [-0.2, -0.15) is 0 Å². The minimum absolute atomic E-state index is 0.0100. The number of unbranched alkanes of at least 4 members (excludes halogenated alkanes) is 3. The molecule has 1 aromatic carbocycles. The molecule has 0 amide bonds. The Labute approximate surface area is 214 Å². The Bertz CT molecular complexity index is 1040. The van der Waals surface area contributed by atoms with Gasteiger partial charge in [-0.1, -0.05) is 46.6 Å². The van der Waals surface area contributed by atoms with Gasteiger partial charge < -0.3 is 9.64 Å². The summed E-state index contributed by atoms with van der Waals surface area (Å²) in [7, 11) is 0. The van der Waals surface area contributed by atoms with Crippen LogP contribution in [-0.2, 0) is 15.6 Å². The number of thiophene rings is 1. The molecule has 1 aromatic heterocycles. The molecule has 5 heteroatoms. The summed E-state index contributed by atoms with van der Waals surface area (Å²) in [6.07, 6.45) is 9.60. The molecule has 0 saturated carbocycles. The fourth-order valence-corrected chi connectivity index (χ4v) is 6.23. The van der Waals surface area contributed by atoms with Crippen molar-refractivity contribution in [2.45, 2.75) is 77.0 Å². The third-order valence-corrected chi connectivity index (χ3v) is 8.72. The maximum absolute atomic E-state index is 12.1. The van der Waals surface area contributed by atoms with Crippen LogP contribution in [0.3, 0.4) is 0 Å². The van der Waals surface area contributed by atoms with Gasteiger partial charge in [0.15, 0.2) is 6.29 Å². The van der Waals surface area contributed by atoms with Gasteiger partial charge in [0.25, 0.3) is 0 Å². The number of carbonyl (C=O) groups is 1. The monoisotopic (exact) mass is 499 g/mol. The first-order valence-electron chi connectivity index (χ1n) is 12.6. The first kappa shape index (κ1) is 25.3. The summed E-state index contributed by atoms with van der Waals surface area (Å²) < 4.78 is 6.64. The number of ether oxygens (including phenoxy) is 1. The van der Waals surface area contributed by atoms with Crippen LogP contribution in [0.4, 0.5) is 5.69 Å². The molecular formula is C29H38ClNO2S. The maximum atomic E-state index is 12.1. The molecular weight excluding hydrogens is 462 g/mol. The second-order valence-electron chi connectivity index (χ2n) is 11.0. The fourth-order valence-electron chi connectivity index (χ4n) is 5.33. The molecule has 34 heavy (non-hydrogen) atoms. The molecule has 0 atom stereocenters. The standard InChI is InChI=1S/C29H38ClNO2S/c1-28(2)11-14-31-15-12-29(3,4)25-26(31)23(28)19-21(18-22(20-32)24-10-9-17-34-24)27(25)33-16-8-6-5-7-13-30/h9-10,17-20H,5-8,11-16H2,1-4H3/b22-18+. The van der Waals surface area contributed by atoms with E-state index < -0.39 is 0 Å². The van der Waals surface area contributed by atoms with Gasteiger partial charge in [-0.25, -0.2) is 0 Å². The summed E-state index contributed by atoms with van der Waals surface area (Å²) in [5, 5.41) is 2.02. The van der Waals surface area contributed by atoms with Crippen LogP contribution in [0.15, 0.2) is 23.6 Å². The van der Waals surface area contributed by atoms with Gasteiger partial charge in [0.2, 0.25) is 0 Å². The highest BCUT2D eigenvalue weighted by atomic mass is 35.5. The average Bonchev–Trinajstić information content (AvgIpc) is 3.33. The average molecular weight is 500 g/mol. The topological polar surface area (TPSA) is 29.5 Å². The van der Waals surface area contributed by atoms with Gasteiger partial charge in [-0.05, 0) is 65.7 Å². The first-order valence-corrected chi connectivity index (χ1v) is 14.1. The predicted molar refractivity (Wildman–Crippen MR) is 147 cm³/mol. The molecule has 0 N–H and O–H groups in total. The first-order chi connectivity index (χ1) is 16.3. The summed E-state index contributed by atoms with van der Waals surface area (Å²) in [6.45, 7) is 12.3. The minimum Gasteiger partial charge on any atom is -0.493 e. The quantitative estimate of drug-likeness (QED) is 0.144. The fraction of sp³-hybridized carbons (Fsp3) is 0.552. The summed E-state index contributed by atoms with van der Waals surface area (Å²) >= 11 is 7.45. The summed E-state index contributed by atoms with van der Waals surface area (Å²) in [6, 6.07) is 6.32. The van der Waals surface area contributed by atoms with Crippen LogP contribution in [0.5, 0.6) is 5.75 Å². The van der Waals surface area contributed by atoms with Gasteiger partial charge >= 0.3 is 0 Å².